The van der Waals surface area contributed by atoms with Gasteiger partial charge >= 0.3 is 0 Å². The molecule has 0 aliphatic carbocycles. The van der Waals surface area contributed by atoms with Crippen LogP contribution in [0.15, 0.2) is 54.7 Å². The van der Waals surface area contributed by atoms with E-state index in [1.807, 2.05) is 56.3 Å². The Morgan fingerprint density at radius 3 is 2.59 bits per heavy atom. The summed E-state index contributed by atoms with van der Waals surface area (Å²) in [5.74, 6) is -0.156. The molecular weight excluding hydrogens is 338 g/mol. The second-order valence-corrected chi connectivity index (χ2v) is 6.82. The van der Waals surface area contributed by atoms with Crippen molar-refractivity contribution in [2.24, 2.45) is 0 Å². The highest BCUT2D eigenvalue weighted by atomic mass is 16.5. The van der Waals surface area contributed by atoms with Crippen LogP contribution in [0.2, 0.25) is 0 Å². The molecule has 5 heteroatoms. The fourth-order valence-electron chi connectivity index (χ4n) is 3.12. The Bertz CT molecular complexity index is 932. The standard InChI is InChI=1S/C22H25N3O2/c1-15-10-11-19(16(2)12-15)21-20(22(26)23-17(3)14-27-4)13-25(24-21)18-8-6-5-7-9-18/h5-13,17H,14H2,1-4H3,(H,23,26). The van der Waals surface area contributed by atoms with Crippen LogP contribution in [0, 0.1) is 13.8 Å². The van der Waals surface area contributed by atoms with E-state index in [9.17, 15) is 4.79 Å². The molecule has 3 rings (SSSR count). The van der Waals surface area contributed by atoms with Gasteiger partial charge in [-0.15, -0.1) is 0 Å². The Morgan fingerprint density at radius 1 is 1.19 bits per heavy atom. The first-order chi connectivity index (χ1) is 13.0. The summed E-state index contributed by atoms with van der Waals surface area (Å²) in [4.78, 5) is 12.9. The Hall–Kier alpha value is -2.92. The monoisotopic (exact) mass is 363 g/mol. The predicted octanol–water partition coefficient (Wildman–Crippen LogP) is 3.92. The second kappa shape index (κ2) is 8.18. The topological polar surface area (TPSA) is 56.1 Å². The van der Waals surface area contributed by atoms with Crippen LogP contribution in [0.5, 0.6) is 0 Å². The van der Waals surface area contributed by atoms with E-state index in [0.717, 1.165) is 16.8 Å². The summed E-state index contributed by atoms with van der Waals surface area (Å²) in [6.07, 6.45) is 1.79. The summed E-state index contributed by atoms with van der Waals surface area (Å²) in [6.45, 7) is 6.47. The van der Waals surface area contributed by atoms with Gasteiger partial charge < -0.3 is 10.1 Å². The van der Waals surface area contributed by atoms with Crippen LogP contribution in [-0.4, -0.2) is 35.4 Å². The van der Waals surface area contributed by atoms with Gasteiger partial charge in [0.05, 0.1) is 17.9 Å². The lowest BCUT2D eigenvalue weighted by Crippen LogP contribution is -2.35. The van der Waals surface area contributed by atoms with E-state index in [4.69, 9.17) is 9.84 Å². The van der Waals surface area contributed by atoms with Gasteiger partial charge in [-0.3, -0.25) is 4.79 Å². The molecule has 0 radical (unpaired) electrons. The molecule has 0 saturated carbocycles. The number of nitrogens with zero attached hydrogens (tertiary/aromatic N) is 2. The summed E-state index contributed by atoms with van der Waals surface area (Å²) >= 11 is 0. The summed E-state index contributed by atoms with van der Waals surface area (Å²) in [7, 11) is 1.62. The highest BCUT2D eigenvalue weighted by Crippen LogP contribution is 2.27. The smallest absolute Gasteiger partial charge is 0.255 e. The van der Waals surface area contributed by atoms with Crippen LogP contribution in [-0.2, 0) is 4.74 Å². The van der Waals surface area contributed by atoms with Crippen LogP contribution in [0.1, 0.15) is 28.4 Å². The molecular formula is C22H25N3O2. The molecule has 0 saturated heterocycles. The first-order valence-corrected chi connectivity index (χ1v) is 9.02. The van der Waals surface area contributed by atoms with E-state index < -0.39 is 0 Å². The van der Waals surface area contributed by atoms with Gasteiger partial charge in [0.2, 0.25) is 0 Å². The number of hydrogen-bond donors (Lipinski definition) is 1. The largest absolute Gasteiger partial charge is 0.383 e. The molecule has 3 aromatic rings. The molecule has 1 amide bonds. The zero-order chi connectivity index (χ0) is 19.4. The van der Waals surface area contributed by atoms with Crippen LogP contribution in [0.4, 0.5) is 0 Å². The maximum atomic E-state index is 12.9. The van der Waals surface area contributed by atoms with Gasteiger partial charge in [0.1, 0.15) is 5.69 Å². The van der Waals surface area contributed by atoms with Crippen molar-refractivity contribution in [3.05, 3.63) is 71.4 Å². The van der Waals surface area contributed by atoms with Gasteiger partial charge in [0, 0.05) is 24.9 Å². The molecule has 0 aliphatic rings. The quantitative estimate of drug-likeness (QED) is 0.722. The number of para-hydroxylation sites is 1. The molecule has 0 bridgehead atoms. The van der Waals surface area contributed by atoms with E-state index in [0.29, 0.717) is 17.9 Å². The van der Waals surface area contributed by atoms with Crippen molar-refractivity contribution in [3.8, 4) is 16.9 Å². The molecule has 1 aromatic heterocycles. The van der Waals surface area contributed by atoms with Crippen molar-refractivity contribution in [3.63, 3.8) is 0 Å². The average Bonchev–Trinajstić information content (AvgIpc) is 3.08. The Kier molecular flexibility index (Phi) is 5.72. The number of amides is 1. The molecule has 27 heavy (non-hydrogen) atoms. The van der Waals surface area contributed by atoms with E-state index in [1.54, 1.807) is 18.0 Å². The third kappa shape index (κ3) is 4.26. The summed E-state index contributed by atoms with van der Waals surface area (Å²) in [5, 5.41) is 7.73. The van der Waals surface area contributed by atoms with Gasteiger partial charge in [0.15, 0.2) is 0 Å². The molecule has 5 nitrogen and oxygen atoms in total. The maximum absolute atomic E-state index is 12.9. The summed E-state index contributed by atoms with van der Waals surface area (Å²) in [6, 6.07) is 15.9. The number of methoxy groups -OCH3 is 1. The summed E-state index contributed by atoms with van der Waals surface area (Å²) in [5.41, 5.74) is 5.37. The Morgan fingerprint density at radius 2 is 1.93 bits per heavy atom. The number of rotatable bonds is 6. The van der Waals surface area contributed by atoms with Crippen LogP contribution < -0.4 is 5.32 Å². The van der Waals surface area contributed by atoms with Crippen molar-refractivity contribution < 1.29 is 9.53 Å². The zero-order valence-electron chi connectivity index (χ0n) is 16.2. The molecule has 1 unspecified atom stereocenters. The van der Waals surface area contributed by atoms with Gasteiger partial charge in [-0.25, -0.2) is 4.68 Å². The summed E-state index contributed by atoms with van der Waals surface area (Å²) < 4.78 is 6.88. The number of carbonyl (C=O) groups is 1. The fraction of sp³-hybridized carbons (Fsp3) is 0.273. The third-order valence-corrected chi connectivity index (χ3v) is 4.41. The molecule has 1 heterocycles. The fourth-order valence-corrected chi connectivity index (χ4v) is 3.12. The van der Waals surface area contributed by atoms with Gasteiger partial charge in [0.25, 0.3) is 5.91 Å². The van der Waals surface area contributed by atoms with E-state index in [-0.39, 0.29) is 11.9 Å². The van der Waals surface area contributed by atoms with Crippen molar-refractivity contribution in [2.75, 3.05) is 13.7 Å². The lowest BCUT2D eigenvalue weighted by molar-refractivity contribution is 0.0906. The van der Waals surface area contributed by atoms with E-state index >= 15 is 0 Å². The molecule has 0 spiro atoms. The van der Waals surface area contributed by atoms with Crippen LogP contribution >= 0.6 is 0 Å². The predicted molar refractivity (Wildman–Crippen MR) is 107 cm³/mol. The molecule has 2 aromatic carbocycles. The van der Waals surface area contributed by atoms with Crippen molar-refractivity contribution >= 4 is 5.91 Å². The minimum atomic E-state index is -0.156. The third-order valence-electron chi connectivity index (χ3n) is 4.41. The minimum Gasteiger partial charge on any atom is -0.383 e. The number of benzene rings is 2. The van der Waals surface area contributed by atoms with Crippen molar-refractivity contribution in [2.45, 2.75) is 26.8 Å². The van der Waals surface area contributed by atoms with E-state index in [1.165, 1.54) is 5.56 Å². The Balaban J connectivity index is 2.07. The number of aryl methyl sites for hydroxylation is 2. The van der Waals surface area contributed by atoms with Crippen molar-refractivity contribution in [1.29, 1.82) is 0 Å². The number of hydrogen-bond acceptors (Lipinski definition) is 3. The molecule has 1 N–H and O–H groups in total. The minimum absolute atomic E-state index is 0.0884. The van der Waals surface area contributed by atoms with Gasteiger partial charge in [-0.2, -0.15) is 5.10 Å². The first kappa shape index (κ1) is 18.9. The van der Waals surface area contributed by atoms with E-state index in [2.05, 4.69) is 18.3 Å². The number of aromatic nitrogens is 2. The van der Waals surface area contributed by atoms with Crippen LogP contribution in [0.25, 0.3) is 16.9 Å². The highest BCUT2D eigenvalue weighted by molar-refractivity contribution is 6.00. The highest BCUT2D eigenvalue weighted by Gasteiger charge is 2.21. The first-order valence-electron chi connectivity index (χ1n) is 9.02. The number of carbonyl (C=O) groups excluding carboxylic acids is 1. The lowest BCUT2D eigenvalue weighted by atomic mass is 10.0. The lowest BCUT2D eigenvalue weighted by Gasteiger charge is -2.13. The normalized spacial score (nSPS) is 12.0. The second-order valence-electron chi connectivity index (χ2n) is 6.82. The van der Waals surface area contributed by atoms with Gasteiger partial charge in [-0.05, 0) is 38.5 Å². The molecule has 0 aliphatic heterocycles. The molecule has 1 atom stereocenters. The van der Waals surface area contributed by atoms with Crippen molar-refractivity contribution in [1.82, 2.24) is 15.1 Å². The number of ether oxygens (including phenoxy) is 1. The van der Waals surface area contributed by atoms with Crippen LogP contribution in [0.3, 0.4) is 0 Å². The average molecular weight is 363 g/mol. The maximum Gasteiger partial charge on any atom is 0.255 e. The molecule has 140 valence electrons. The zero-order valence-corrected chi connectivity index (χ0v) is 16.2. The molecule has 0 fully saturated rings. The number of nitrogens with one attached hydrogen (secondary N) is 1. The van der Waals surface area contributed by atoms with Gasteiger partial charge in [-0.1, -0.05) is 42.0 Å². The SMILES string of the molecule is COCC(C)NC(=O)c1cn(-c2ccccc2)nc1-c1ccc(C)cc1C. The Labute approximate surface area is 160 Å².